The van der Waals surface area contributed by atoms with Gasteiger partial charge in [0.1, 0.15) is 12.1 Å². The zero-order valence-corrected chi connectivity index (χ0v) is 14.8. The normalized spacial score (nSPS) is 12.3. The molecule has 3 aromatic rings. The number of benzene rings is 1. The second kappa shape index (κ2) is 7.14. The van der Waals surface area contributed by atoms with Gasteiger partial charge < -0.3 is 8.98 Å². The van der Waals surface area contributed by atoms with E-state index in [1.165, 1.54) is 11.8 Å². The number of carbonyl (C=O) groups excluding carboxylic acids is 1. The molecule has 5 nitrogen and oxygen atoms in total. The number of halogens is 1. The highest BCUT2D eigenvalue weighted by molar-refractivity contribution is 9.10. The lowest BCUT2D eigenvalue weighted by molar-refractivity contribution is 0.0994. The third-order valence-corrected chi connectivity index (χ3v) is 4.89. The van der Waals surface area contributed by atoms with Crippen LogP contribution in [0.1, 0.15) is 23.0 Å². The molecule has 3 rings (SSSR count). The molecule has 0 radical (unpaired) electrons. The van der Waals surface area contributed by atoms with Crippen LogP contribution in [0, 0.1) is 0 Å². The minimum atomic E-state index is -0.254. The van der Waals surface area contributed by atoms with E-state index in [1.807, 2.05) is 47.9 Å². The summed E-state index contributed by atoms with van der Waals surface area (Å²) in [4.78, 5) is 12.5. The Bertz CT molecular complexity index is 784. The topological polar surface area (TPSA) is 60.9 Å². The average Bonchev–Trinajstić information content (AvgIpc) is 3.20. The lowest BCUT2D eigenvalue weighted by atomic mass is 10.1. The highest BCUT2D eigenvalue weighted by Crippen LogP contribution is 2.25. The number of rotatable bonds is 6. The molecule has 1 aromatic carbocycles. The van der Waals surface area contributed by atoms with E-state index in [2.05, 4.69) is 26.1 Å². The number of Topliss-reactive ketones (excluding diaryl/α,β-unsaturated/α-hetero) is 1. The summed E-state index contributed by atoms with van der Waals surface area (Å²) < 4.78 is 8.16. The molecule has 0 fully saturated rings. The first-order chi connectivity index (χ1) is 11.1. The zero-order valence-electron chi connectivity index (χ0n) is 12.3. The summed E-state index contributed by atoms with van der Waals surface area (Å²) in [5.41, 5.74) is 0.685. The fourth-order valence-corrected chi connectivity index (χ4v) is 3.24. The largest absolute Gasteiger partial charge is 0.467 e. The Morgan fingerprint density at radius 2 is 2.13 bits per heavy atom. The van der Waals surface area contributed by atoms with Crippen LogP contribution in [-0.4, -0.2) is 25.8 Å². The minimum absolute atomic E-state index is 0.0649. The number of carbonyl (C=O) groups is 1. The highest BCUT2D eigenvalue weighted by atomic mass is 79.9. The van der Waals surface area contributed by atoms with Crippen LogP contribution in [0.3, 0.4) is 0 Å². The average molecular weight is 392 g/mol. The van der Waals surface area contributed by atoms with Crippen LogP contribution in [-0.2, 0) is 6.54 Å². The van der Waals surface area contributed by atoms with Crippen LogP contribution in [0.5, 0.6) is 0 Å². The molecule has 0 aliphatic carbocycles. The Kier molecular flexibility index (Phi) is 4.97. The number of thioether (sulfide) groups is 1. The molecule has 2 aromatic heterocycles. The lowest BCUT2D eigenvalue weighted by Gasteiger charge is -2.10. The maximum absolute atomic E-state index is 12.5. The zero-order chi connectivity index (χ0) is 16.2. The summed E-state index contributed by atoms with van der Waals surface area (Å²) in [5, 5.41) is 8.47. The molecule has 1 unspecified atom stereocenters. The molecule has 0 N–H and O–H groups in total. The molecule has 0 amide bonds. The summed E-state index contributed by atoms with van der Waals surface area (Å²) in [6.45, 7) is 2.42. The van der Waals surface area contributed by atoms with E-state index >= 15 is 0 Å². The first-order valence-corrected chi connectivity index (χ1v) is 8.67. The van der Waals surface area contributed by atoms with Crippen LogP contribution in [0.4, 0.5) is 0 Å². The number of ketones is 1. The van der Waals surface area contributed by atoms with Crippen molar-refractivity contribution in [3.63, 3.8) is 0 Å². The van der Waals surface area contributed by atoms with Crippen molar-refractivity contribution in [2.45, 2.75) is 23.9 Å². The third kappa shape index (κ3) is 3.92. The molecule has 0 aliphatic heterocycles. The molecule has 118 valence electrons. The quantitative estimate of drug-likeness (QED) is 0.468. The summed E-state index contributed by atoms with van der Waals surface area (Å²) in [5.74, 6) is 0.883. The van der Waals surface area contributed by atoms with Crippen LogP contribution in [0.15, 0.2) is 63.0 Å². The van der Waals surface area contributed by atoms with E-state index in [4.69, 9.17) is 4.42 Å². The molecule has 1 atom stereocenters. The van der Waals surface area contributed by atoms with Crippen LogP contribution in [0.2, 0.25) is 0 Å². The van der Waals surface area contributed by atoms with Gasteiger partial charge in [0.2, 0.25) is 0 Å². The number of aromatic nitrogens is 3. The van der Waals surface area contributed by atoms with Gasteiger partial charge in [0, 0.05) is 10.0 Å². The maximum Gasteiger partial charge on any atom is 0.192 e. The molecule has 0 bridgehead atoms. The third-order valence-electron chi connectivity index (χ3n) is 3.27. The maximum atomic E-state index is 12.5. The summed E-state index contributed by atoms with van der Waals surface area (Å²) >= 11 is 4.76. The van der Waals surface area contributed by atoms with E-state index in [1.54, 1.807) is 12.6 Å². The van der Waals surface area contributed by atoms with Gasteiger partial charge >= 0.3 is 0 Å². The fourth-order valence-electron chi connectivity index (χ4n) is 2.08. The molecule has 2 heterocycles. The van der Waals surface area contributed by atoms with Gasteiger partial charge in [0.05, 0.1) is 18.1 Å². The first kappa shape index (κ1) is 16.0. The fraction of sp³-hybridized carbons (Fsp3) is 0.188. The van der Waals surface area contributed by atoms with Gasteiger partial charge in [-0.2, -0.15) is 0 Å². The number of furan rings is 1. The Hall–Kier alpha value is -1.86. The van der Waals surface area contributed by atoms with Gasteiger partial charge in [-0.05, 0) is 31.2 Å². The summed E-state index contributed by atoms with van der Waals surface area (Å²) in [6.07, 6.45) is 3.27. The van der Waals surface area contributed by atoms with E-state index in [9.17, 15) is 4.79 Å². The monoisotopic (exact) mass is 391 g/mol. The SMILES string of the molecule is CC(Sc1nncn1Cc1ccco1)C(=O)c1ccc(Br)cc1. The van der Waals surface area contributed by atoms with Gasteiger partial charge in [-0.25, -0.2) is 0 Å². The Balaban J connectivity index is 1.70. The van der Waals surface area contributed by atoms with Crippen LogP contribution in [0.25, 0.3) is 0 Å². The number of nitrogens with zero attached hydrogens (tertiary/aromatic N) is 3. The Morgan fingerprint density at radius 3 is 2.83 bits per heavy atom. The van der Waals surface area contributed by atoms with Crippen LogP contribution < -0.4 is 0 Å². The molecule has 7 heteroatoms. The van der Waals surface area contributed by atoms with Crippen molar-refractivity contribution >= 4 is 33.5 Å². The van der Waals surface area contributed by atoms with E-state index < -0.39 is 0 Å². The lowest BCUT2D eigenvalue weighted by Crippen LogP contribution is -2.14. The number of hydrogen-bond acceptors (Lipinski definition) is 5. The van der Waals surface area contributed by atoms with Crippen molar-refractivity contribution in [1.29, 1.82) is 0 Å². The van der Waals surface area contributed by atoms with Crippen molar-refractivity contribution in [3.05, 3.63) is 64.8 Å². The molecule has 0 saturated heterocycles. The van der Waals surface area contributed by atoms with Crippen molar-refractivity contribution in [3.8, 4) is 0 Å². The molecule has 0 aliphatic rings. The van der Waals surface area contributed by atoms with E-state index in [0.29, 0.717) is 17.3 Å². The van der Waals surface area contributed by atoms with Crippen molar-refractivity contribution < 1.29 is 9.21 Å². The van der Waals surface area contributed by atoms with E-state index in [0.717, 1.165) is 10.2 Å². The Labute approximate surface area is 146 Å². The molecule has 0 saturated carbocycles. The smallest absolute Gasteiger partial charge is 0.192 e. The first-order valence-electron chi connectivity index (χ1n) is 7.00. The predicted octanol–water partition coefficient (Wildman–Crippen LogP) is 4.05. The highest BCUT2D eigenvalue weighted by Gasteiger charge is 2.19. The molecule has 0 spiro atoms. The molecular weight excluding hydrogens is 378 g/mol. The standard InChI is InChI=1S/C16H14BrN3O2S/c1-11(15(21)12-4-6-13(17)7-5-12)23-16-19-18-10-20(16)9-14-3-2-8-22-14/h2-8,10-11H,9H2,1H3. The van der Waals surface area contributed by atoms with Gasteiger partial charge in [0.25, 0.3) is 0 Å². The summed E-state index contributed by atoms with van der Waals surface area (Å²) in [7, 11) is 0. The van der Waals surface area contributed by atoms with Crippen LogP contribution >= 0.6 is 27.7 Å². The Morgan fingerprint density at radius 1 is 1.35 bits per heavy atom. The van der Waals surface area contributed by atoms with E-state index in [-0.39, 0.29) is 11.0 Å². The predicted molar refractivity (Wildman–Crippen MR) is 91.6 cm³/mol. The second-order valence-electron chi connectivity index (χ2n) is 4.95. The van der Waals surface area contributed by atoms with Gasteiger partial charge in [0.15, 0.2) is 10.9 Å². The van der Waals surface area contributed by atoms with Crippen molar-refractivity contribution in [2.24, 2.45) is 0 Å². The van der Waals surface area contributed by atoms with Gasteiger partial charge in [-0.15, -0.1) is 10.2 Å². The van der Waals surface area contributed by atoms with Gasteiger partial charge in [-0.3, -0.25) is 4.79 Å². The van der Waals surface area contributed by atoms with Crippen molar-refractivity contribution in [2.75, 3.05) is 0 Å². The van der Waals surface area contributed by atoms with Gasteiger partial charge in [-0.1, -0.05) is 39.8 Å². The molecular formula is C16H14BrN3O2S. The number of hydrogen-bond donors (Lipinski definition) is 0. The summed E-state index contributed by atoms with van der Waals surface area (Å²) in [6, 6.07) is 11.1. The van der Waals surface area contributed by atoms with Crippen molar-refractivity contribution in [1.82, 2.24) is 14.8 Å². The molecule has 23 heavy (non-hydrogen) atoms. The minimum Gasteiger partial charge on any atom is -0.467 e. The second-order valence-corrected chi connectivity index (χ2v) is 7.18.